The van der Waals surface area contributed by atoms with E-state index in [-0.39, 0.29) is 63.0 Å². The van der Waals surface area contributed by atoms with Crippen molar-refractivity contribution in [3.05, 3.63) is 126 Å². The van der Waals surface area contributed by atoms with Gasteiger partial charge in [0.25, 0.3) is 0 Å². The van der Waals surface area contributed by atoms with Crippen LogP contribution < -0.4 is 9.47 Å². The van der Waals surface area contributed by atoms with Gasteiger partial charge in [0.05, 0.1) is 24.8 Å². The molecular formula is C61H81FN2O8. The number of unbranched alkanes of at least 4 members (excludes halogenated alkanes) is 11. The number of amides is 1. The maximum atomic E-state index is 15.1. The molecule has 0 aromatic heterocycles. The molecule has 11 heteroatoms. The van der Waals surface area contributed by atoms with Gasteiger partial charge in [0.1, 0.15) is 34.7 Å². The van der Waals surface area contributed by atoms with Crippen LogP contribution in [0.3, 0.4) is 0 Å². The largest absolute Gasteiger partial charge is 0.459 e. The molecule has 0 radical (unpaired) electrons. The molecule has 0 bridgehead atoms. The predicted molar refractivity (Wildman–Crippen MR) is 285 cm³/mol. The summed E-state index contributed by atoms with van der Waals surface area (Å²) in [5.41, 5.74) is 2.66. The molecule has 4 aromatic carbocycles. The van der Waals surface area contributed by atoms with Gasteiger partial charge in [-0.25, -0.2) is 9.18 Å². The number of rotatable bonds is 28. The van der Waals surface area contributed by atoms with Crippen molar-refractivity contribution in [2.45, 2.75) is 167 Å². The summed E-state index contributed by atoms with van der Waals surface area (Å²) in [6, 6.07) is 25.7. The average molecular weight is 989 g/mol. The normalized spacial score (nSPS) is 21.8. The van der Waals surface area contributed by atoms with Crippen LogP contribution in [-0.2, 0) is 20.9 Å². The third kappa shape index (κ3) is 14.1. The third-order valence-electron chi connectivity index (χ3n) is 14.6. The van der Waals surface area contributed by atoms with E-state index in [1.54, 1.807) is 23.1 Å². The van der Waals surface area contributed by atoms with Crippen LogP contribution in [0.1, 0.15) is 154 Å². The second kappa shape index (κ2) is 26.6. The number of aliphatic hydroxyl groups excluding tert-OH is 2. The maximum absolute atomic E-state index is 15.1. The maximum Gasteiger partial charge on any atom is 0.410 e. The van der Waals surface area contributed by atoms with E-state index in [0.717, 1.165) is 78.8 Å². The number of benzene rings is 4. The van der Waals surface area contributed by atoms with Gasteiger partial charge in [0.2, 0.25) is 5.79 Å². The number of allylic oxidation sites excluding steroid dienone is 1. The van der Waals surface area contributed by atoms with Crippen LogP contribution in [0.2, 0.25) is 0 Å². The van der Waals surface area contributed by atoms with Gasteiger partial charge in [0.15, 0.2) is 0 Å². The van der Waals surface area contributed by atoms with E-state index >= 15 is 4.79 Å². The van der Waals surface area contributed by atoms with Crippen molar-refractivity contribution in [2.75, 3.05) is 26.4 Å². The smallest absolute Gasteiger partial charge is 0.410 e. The van der Waals surface area contributed by atoms with Crippen molar-refractivity contribution >= 4 is 22.6 Å². The highest BCUT2D eigenvalue weighted by molar-refractivity contribution is 6.03. The Morgan fingerprint density at radius 2 is 1.50 bits per heavy atom. The molecule has 0 unspecified atom stereocenters. The molecule has 1 heterocycles. The van der Waals surface area contributed by atoms with Crippen molar-refractivity contribution in [3.63, 3.8) is 0 Å². The Balaban J connectivity index is 1.34. The number of aliphatic hydroxyl groups is 2. The van der Waals surface area contributed by atoms with Crippen LogP contribution in [0.4, 0.5) is 9.18 Å². The monoisotopic (exact) mass is 989 g/mol. The SMILES string of the molecule is C=CCO[C@@]12Oc3ccc(Oc4ccc5ccccc5c4)cc3[C@H]3[C@H](CCCCO)[C@@H](CCCCO)C=C(C(=NOC(C)(C)C)C[C@@H]1N(Cc1ccc(F)cc1)C(=O)OCCCCCCCCCCCC)[C@H]32. The number of ether oxygens (including phenoxy) is 4. The first-order valence-electron chi connectivity index (χ1n) is 27.1. The lowest BCUT2D eigenvalue weighted by Gasteiger charge is -2.60. The van der Waals surface area contributed by atoms with E-state index in [0.29, 0.717) is 35.8 Å². The van der Waals surface area contributed by atoms with Gasteiger partial charge in [0, 0.05) is 37.7 Å². The van der Waals surface area contributed by atoms with E-state index in [1.807, 2.05) is 57.2 Å². The molecule has 7 rings (SSSR count). The molecule has 1 saturated carbocycles. The Bertz CT molecular complexity index is 2410. The third-order valence-corrected chi connectivity index (χ3v) is 14.6. The lowest BCUT2D eigenvalue weighted by Crippen LogP contribution is -2.70. The zero-order valence-corrected chi connectivity index (χ0v) is 43.5. The number of oxime groups is 1. The molecule has 2 N–H and O–H groups in total. The predicted octanol–water partition coefficient (Wildman–Crippen LogP) is 14.8. The van der Waals surface area contributed by atoms with Crippen LogP contribution in [-0.4, -0.2) is 70.8 Å². The highest BCUT2D eigenvalue weighted by atomic mass is 19.1. The number of nitrogens with zero attached hydrogens (tertiary/aromatic N) is 2. The quantitative estimate of drug-likeness (QED) is 0.0328. The van der Waals surface area contributed by atoms with E-state index in [4.69, 9.17) is 28.9 Å². The van der Waals surface area contributed by atoms with Gasteiger partial charge in [-0.15, -0.1) is 6.58 Å². The number of carbonyl (C=O) groups excluding carboxylic acids is 1. The topological polar surface area (TPSA) is 119 Å². The Labute approximate surface area is 428 Å². The Morgan fingerprint density at radius 1 is 0.833 bits per heavy atom. The summed E-state index contributed by atoms with van der Waals surface area (Å²) in [4.78, 5) is 23.1. The minimum absolute atomic E-state index is 0.0200. The molecule has 3 aliphatic rings. The van der Waals surface area contributed by atoms with Crippen LogP contribution in [0.25, 0.3) is 10.8 Å². The summed E-state index contributed by atoms with van der Waals surface area (Å²) in [5, 5.41) is 27.3. The summed E-state index contributed by atoms with van der Waals surface area (Å²) in [6.45, 7) is 12.8. The van der Waals surface area contributed by atoms with Gasteiger partial charge >= 0.3 is 6.09 Å². The van der Waals surface area contributed by atoms with Crippen molar-refractivity contribution in [1.82, 2.24) is 4.90 Å². The minimum atomic E-state index is -1.50. The summed E-state index contributed by atoms with van der Waals surface area (Å²) in [7, 11) is 0. The molecule has 1 fully saturated rings. The van der Waals surface area contributed by atoms with Crippen LogP contribution >= 0.6 is 0 Å². The highest BCUT2D eigenvalue weighted by Gasteiger charge is 2.66. The molecule has 390 valence electrons. The second-order valence-corrected chi connectivity index (χ2v) is 21.1. The molecule has 72 heavy (non-hydrogen) atoms. The fourth-order valence-corrected chi connectivity index (χ4v) is 11.2. The molecule has 0 saturated heterocycles. The lowest BCUT2D eigenvalue weighted by molar-refractivity contribution is -0.256. The van der Waals surface area contributed by atoms with Crippen molar-refractivity contribution in [1.29, 1.82) is 0 Å². The molecule has 2 aliphatic carbocycles. The van der Waals surface area contributed by atoms with Gasteiger partial charge in [-0.05, 0) is 129 Å². The Hall–Kier alpha value is -5.23. The summed E-state index contributed by atoms with van der Waals surface area (Å²) in [6.07, 6.45) is 19.8. The summed E-state index contributed by atoms with van der Waals surface area (Å²) in [5.74, 6) is -0.605. The molecule has 1 amide bonds. The first-order valence-corrected chi connectivity index (χ1v) is 27.1. The molecule has 1 aliphatic heterocycles. The van der Waals surface area contributed by atoms with E-state index in [9.17, 15) is 14.6 Å². The number of carbonyl (C=O) groups is 1. The number of hydrogen-bond donors (Lipinski definition) is 2. The van der Waals surface area contributed by atoms with Crippen molar-refractivity contribution < 1.29 is 43.2 Å². The zero-order chi connectivity index (χ0) is 50.9. The second-order valence-electron chi connectivity index (χ2n) is 21.1. The van der Waals surface area contributed by atoms with E-state index in [2.05, 4.69) is 43.8 Å². The first-order chi connectivity index (χ1) is 35.0. The van der Waals surface area contributed by atoms with Crippen LogP contribution in [0, 0.1) is 23.6 Å². The first kappa shape index (κ1) is 54.5. The van der Waals surface area contributed by atoms with Gasteiger partial charge in [-0.1, -0.05) is 137 Å². The zero-order valence-electron chi connectivity index (χ0n) is 43.5. The van der Waals surface area contributed by atoms with E-state index in [1.165, 1.54) is 50.7 Å². The number of halogens is 1. The minimum Gasteiger partial charge on any atom is -0.459 e. The van der Waals surface area contributed by atoms with Gasteiger partial charge in [-0.3, -0.25) is 4.90 Å². The molecule has 4 aromatic rings. The summed E-state index contributed by atoms with van der Waals surface area (Å²) >= 11 is 0. The molecule has 0 spiro atoms. The number of hydrogen-bond acceptors (Lipinski definition) is 9. The average Bonchev–Trinajstić information content (AvgIpc) is 3.37. The van der Waals surface area contributed by atoms with Crippen molar-refractivity contribution in [3.8, 4) is 17.2 Å². The Kier molecular flexibility index (Phi) is 20.2. The number of fused-ring (bicyclic) bond motifs is 3. The molecule has 6 atom stereocenters. The molecule has 10 nitrogen and oxygen atoms in total. The van der Waals surface area contributed by atoms with Gasteiger partial charge in [-0.2, -0.15) is 0 Å². The highest BCUT2D eigenvalue weighted by Crippen LogP contribution is 2.62. The van der Waals surface area contributed by atoms with E-state index < -0.39 is 29.4 Å². The lowest BCUT2D eigenvalue weighted by atomic mass is 9.55. The Morgan fingerprint density at radius 3 is 2.19 bits per heavy atom. The van der Waals surface area contributed by atoms with Crippen LogP contribution in [0.15, 0.2) is 114 Å². The van der Waals surface area contributed by atoms with Gasteiger partial charge < -0.3 is 34.0 Å². The van der Waals surface area contributed by atoms with Crippen LogP contribution in [0.5, 0.6) is 17.2 Å². The summed E-state index contributed by atoms with van der Waals surface area (Å²) < 4.78 is 42.2. The fraction of sp³-hybridized carbons (Fsp3) is 0.541. The molecular weight excluding hydrogens is 908 g/mol. The van der Waals surface area contributed by atoms with Crippen molar-refractivity contribution in [2.24, 2.45) is 22.9 Å². The standard InChI is InChI=1S/C61H81FN2O8/c1-6-8-9-10-11-12-13-14-15-22-38-68-59(67)64(43-44-27-30-48(62)31-28-44)56-42-54(63-72-60(3,4)5)52-40-47(25-18-20-35-65)51(26-19-21-36-66)57-53-41-50(70-49-32-29-45-23-16-17-24-46(45)39-49)33-34-55(53)71-61(56,58(52)57)69-37-7-2/h7,16-17,23-24,27-34,39-41,47,51,56-58,65-66H,2,6,8-15,18-22,25-26,35-38,42-43H2,1,3-5H3/t47-,51+,56-,57+,58+,61+/m0/s1. The fourth-order valence-electron chi connectivity index (χ4n) is 11.2.